The normalized spacial score (nSPS) is 24.7. The van der Waals surface area contributed by atoms with E-state index < -0.39 is 0 Å². The molecule has 3 nitrogen and oxygen atoms in total. The maximum Gasteiger partial charge on any atom is 0.308 e. The van der Waals surface area contributed by atoms with Crippen LogP contribution in [0.1, 0.15) is 36.7 Å². The molecule has 2 rings (SSSR count). The lowest BCUT2D eigenvalue weighted by atomic mass is 10.1. The van der Waals surface area contributed by atoms with Crippen LogP contribution in [0.4, 0.5) is 0 Å². The van der Waals surface area contributed by atoms with Crippen LogP contribution in [0.3, 0.4) is 0 Å². The molecule has 1 aromatic rings. The van der Waals surface area contributed by atoms with Crippen molar-refractivity contribution in [2.75, 3.05) is 7.11 Å². The minimum Gasteiger partial charge on any atom is -0.469 e. The molecule has 0 aliphatic heterocycles. The fraction of sp³-hybridized carbons (Fsp3) is 0.615. The molecule has 1 aliphatic rings. The molecule has 0 N–H and O–H groups in total. The highest BCUT2D eigenvalue weighted by atomic mass is 16.5. The molecule has 1 saturated carbocycles. The van der Waals surface area contributed by atoms with Crippen LogP contribution in [0.25, 0.3) is 0 Å². The predicted octanol–water partition coefficient (Wildman–Crippen LogP) is 2.62. The van der Waals surface area contributed by atoms with Crippen LogP contribution in [-0.4, -0.2) is 17.6 Å². The van der Waals surface area contributed by atoms with E-state index in [-0.39, 0.29) is 11.9 Å². The fourth-order valence-electron chi connectivity index (χ4n) is 2.83. The summed E-state index contributed by atoms with van der Waals surface area (Å²) in [4.78, 5) is 11.5. The number of nitrogens with zero attached hydrogens (tertiary/aromatic N) is 1. The molecule has 0 bridgehead atoms. The minimum atomic E-state index is -0.0510. The largest absolute Gasteiger partial charge is 0.469 e. The molecule has 0 saturated heterocycles. The number of aromatic nitrogens is 1. The van der Waals surface area contributed by atoms with Gasteiger partial charge in [-0.1, -0.05) is 0 Å². The van der Waals surface area contributed by atoms with E-state index >= 15 is 0 Å². The zero-order valence-electron chi connectivity index (χ0n) is 10.2. The van der Waals surface area contributed by atoms with Crippen LogP contribution < -0.4 is 0 Å². The number of ether oxygens (including phenoxy) is 1. The second-order valence-corrected chi connectivity index (χ2v) is 4.67. The van der Waals surface area contributed by atoms with Crippen molar-refractivity contribution in [1.29, 1.82) is 0 Å². The molecule has 3 heteroatoms. The van der Waals surface area contributed by atoms with Gasteiger partial charge in [0.1, 0.15) is 0 Å². The Labute approximate surface area is 96.4 Å². The molecule has 0 radical (unpaired) electrons. The standard InChI is InChI=1S/C13H19NO2/c1-9-4-5-10(2)14(9)12-7-6-11(8-12)13(15)16-3/h4-5,11-12H,6-8H2,1-3H3/t11-,12+/m0/s1. The highest BCUT2D eigenvalue weighted by Gasteiger charge is 2.32. The third-order valence-corrected chi connectivity index (χ3v) is 3.63. The highest BCUT2D eigenvalue weighted by Crippen LogP contribution is 2.36. The summed E-state index contributed by atoms with van der Waals surface area (Å²) in [5.41, 5.74) is 2.57. The Morgan fingerprint density at radius 3 is 2.50 bits per heavy atom. The minimum absolute atomic E-state index is 0.0510. The maximum absolute atomic E-state index is 11.5. The van der Waals surface area contributed by atoms with Crippen LogP contribution in [0.15, 0.2) is 12.1 Å². The molecule has 0 spiro atoms. The molecule has 88 valence electrons. The second kappa shape index (κ2) is 4.32. The van der Waals surface area contributed by atoms with Gasteiger partial charge in [-0.3, -0.25) is 4.79 Å². The number of methoxy groups -OCH3 is 1. The number of esters is 1. The topological polar surface area (TPSA) is 31.2 Å². The SMILES string of the molecule is COC(=O)[C@H]1CC[C@@H](n2c(C)ccc2C)C1. The van der Waals surface area contributed by atoms with Crippen molar-refractivity contribution in [3.05, 3.63) is 23.5 Å². The Morgan fingerprint density at radius 1 is 1.31 bits per heavy atom. The van der Waals surface area contributed by atoms with E-state index in [2.05, 4.69) is 30.5 Å². The van der Waals surface area contributed by atoms with Gasteiger partial charge in [0.05, 0.1) is 13.0 Å². The molecule has 16 heavy (non-hydrogen) atoms. The molecule has 0 amide bonds. The number of carbonyl (C=O) groups excluding carboxylic acids is 1. The first-order valence-corrected chi connectivity index (χ1v) is 5.85. The van der Waals surface area contributed by atoms with E-state index in [1.54, 1.807) is 0 Å². The molecule has 0 unspecified atom stereocenters. The fourth-order valence-corrected chi connectivity index (χ4v) is 2.83. The number of hydrogen-bond acceptors (Lipinski definition) is 2. The average molecular weight is 221 g/mol. The summed E-state index contributed by atoms with van der Waals surface area (Å²) in [6.45, 7) is 4.25. The van der Waals surface area contributed by atoms with Crippen molar-refractivity contribution in [2.45, 2.75) is 39.2 Å². The third-order valence-electron chi connectivity index (χ3n) is 3.63. The summed E-state index contributed by atoms with van der Waals surface area (Å²) >= 11 is 0. The number of rotatable bonds is 2. The van der Waals surface area contributed by atoms with Crippen molar-refractivity contribution in [3.8, 4) is 0 Å². The van der Waals surface area contributed by atoms with E-state index in [9.17, 15) is 4.79 Å². The Hall–Kier alpha value is -1.25. The van der Waals surface area contributed by atoms with Crippen LogP contribution in [0.5, 0.6) is 0 Å². The van der Waals surface area contributed by atoms with E-state index in [0.717, 1.165) is 19.3 Å². The molecule has 1 heterocycles. The van der Waals surface area contributed by atoms with Gasteiger partial charge in [-0.15, -0.1) is 0 Å². The summed E-state index contributed by atoms with van der Waals surface area (Å²) in [6.07, 6.45) is 2.95. The Kier molecular flexibility index (Phi) is 3.03. The second-order valence-electron chi connectivity index (χ2n) is 4.67. The van der Waals surface area contributed by atoms with Crippen molar-refractivity contribution in [2.24, 2.45) is 5.92 Å². The number of hydrogen-bond donors (Lipinski definition) is 0. The zero-order chi connectivity index (χ0) is 11.7. The summed E-state index contributed by atoms with van der Waals surface area (Å²) in [5.74, 6) is 0.0427. The Balaban J connectivity index is 2.12. The van der Waals surface area contributed by atoms with Gasteiger partial charge < -0.3 is 9.30 Å². The number of carbonyl (C=O) groups is 1. The molecular formula is C13H19NO2. The van der Waals surface area contributed by atoms with Gasteiger partial charge in [-0.25, -0.2) is 0 Å². The Morgan fingerprint density at radius 2 is 1.94 bits per heavy atom. The lowest BCUT2D eigenvalue weighted by molar-refractivity contribution is -0.145. The highest BCUT2D eigenvalue weighted by molar-refractivity contribution is 5.72. The quantitative estimate of drug-likeness (QED) is 0.719. The molecule has 1 aliphatic carbocycles. The molecule has 0 aromatic carbocycles. The molecular weight excluding hydrogens is 202 g/mol. The van der Waals surface area contributed by atoms with Crippen LogP contribution >= 0.6 is 0 Å². The molecule has 1 aromatic heterocycles. The van der Waals surface area contributed by atoms with Gasteiger partial charge in [-0.2, -0.15) is 0 Å². The van der Waals surface area contributed by atoms with E-state index in [4.69, 9.17) is 4.74 Å². The monoisotopic (exact) mass is 221 g/mol. The zero-order valence-corrected chi connectivity index (χ0v) is 10.2. The number of aryl methyl sites for hydroxylation is 2. The Bertz CT molecular complexity index is 375. The van der Waals surface area contributed by atoms with Gasteiger partial charge in [0.15, 0.2) is 0 Å². The first-order chi connectivity index (χ1) is 7.63. The van der Waals surface area contributed by atoms with Crippen molar-refractivity contribution in [1.82, 2.24) is 4.57 Å². The van der Waals surface area contributed by atoms with E-state index in [0.29, 0.717) is 6.04 Å². The first-order valence-electron chi connectivity index (χ1n) is 5.85. The van der Waals surface area contributed by atoms with Gasteiger partial charge in [-0.05, 0) is 45.2 Å². The first kappa shape index (κ1) is 11.2. The van der Waals surface area contributed by atoms with Gasteiger partial charge in [0.2, 0.25) is 0 Å². The van der Waals surface area contributed by atoms with E-state index in [1.807, 2.05) is 0 Å². The summed E-state index contributed by atoms with van der Waals surface area (Å²) in [5, 5.41) is 0. The van der Waals surface area contributed by atoms with Crippen molar-refractivity contribution >= 4 is 5.97 Å². The van der Waals surface area contributed by atoms with Gasteiger partial charge in [0.25, 0.3) is 0 Å². The van der Waals surface area contributed by atoms with E-state index in [1.165, 1.54) is 18.5 Å². The molecule has 2 atom stereocenters. The average Bonchev–Trinajstić information content (AvgIpc) is 2.85. The lowest BCUT2D eigenvalue weighted by Crippen LogP contribution is -2.14. The smallest absolute Gasteiger partial charge is 0.308 e. The predicted molar refractivity (Wildman–Crippen MR) is 62.3 cm³/mol. The summed E-state index contributed by atoms with van der Waals surface area (Å²) < 4.78 is 7.16. The van der Waals surface area contributed by atoms with Gasteiger partial charge >= 0.3 is 5.97 Å². The van der Waals surface area contributed by atoms with Crippen LogP contribution in [0.2, 0.25) is 0 Å². The summed E-state index contributed by atoms with van der Waals surface area (Å²) in [6, 6.07) is 4.75. The van der Waals surface area contributed by atoms with Crippen LogP contribution in [0, 0.1) is 19.8 Å². The maximum atomic E-state index is 11.5. The third kappa shape index (κ3) is 1.86. The molecule has 1 fully saturated rings. The lowest BCUT2D eigenvalue weighted by Gasteiger charge is -2.17. The van der Waals surface area contributed by atoms with Crippen molar-refractivity contribution < 1.29 is 9.53 Å². The summed E-state index contributed by atoms with van der Waals surface area (Å²) in [7, 11) is 1.47. The van der Waals surface area contributed by atoms with Crippen molar-refractivity contribution in [3.63, 3.8) is 0 Å². The van der Waals surface area contributed by atoms with Crippen LogP contribution in [-0.2, 0) is 9.53 Å². The van der Waals surface area contributed by atoms with Gasteiger partial charge in [0, 0.05) is 17.4 Å².